The van der Waals surface area contributed by atoms with E-state index in [2.05, 4.69) is 132 Å². The highest BCUT2D eigenvalue weighted by molar-refractivity contribution is 6.40. The smallest absolute Gasteiger partial charge is 0.0977 e. The SMILES string of the molecule is c1cc2c3ccc4c5ccc6c7ccc8c9ccc%10c%11ccc%12c%13ccc%14c%15ccc%16c1n2c1c2c(c(c(c1n34)n65)n87)c(c(c(c2n%16%15)n%14%13)n%11%12)n9%10. The maximum absolute atomic E-state index is 2.61. The predicted octanol–water partition coefficient (Wildman–Crippen LogP) is 9.59. The van der Waals surface area contributed by atoms with E-state index in [1.807, 2.05) is 0 Å². The molecule has 50 heavy (non-hydrogen) atoms. The molecule has 16 aromatic heterocycles. The van der Waals surface area contributed by atoms with Crippen LogP contribution >= 0.6 is 0 Å². The third-order valence-electron chi connectivity index (χ3n) is 13.5. The summed E-state index contributed by atoms with van der Waals surface area (Å²) in [5.41, 5.74) is 30.3. The Morgan fingerprint density at radius 3 is 0.420 bits per heavy atom. The van der Waals surface area contributed by atoms with Crippen molar-refractivity contribution >= 4 is 143 Å². The minimum absolute atomic E-state index is 1.24. The maximum Gasteiger partial charge on any atom is 0.0977 e. The third-order valence-corrected chi connectivity index (χ3v) is 13.5. The monoisotopic (exact) mass is 632 g/mol. The Kier molecular flexibility index (Phi) is 2.40. The summed E-state index contributed by atoms with van der Waals surface area (Å²) in [6.07, 6.45) is 0. The second-order valence-electron chi connectivity index (χ2n) is 15.1. The second kappa shape index (κ2) is 5.71. The normalized spacial score (nSPS) is 14.8. The molecule has 0 unspecified atom stereocenters. The highest BCUT2D eigenvalue weighted by atomic mass is 15.1. The number of fused-ring (bicyclic) bond motifs is 8. The van der Waals surface area contributed by atoms with Crippen LogP contribution in [0.5, 0.6) is 0 Å². The van der Waals surface area contributed by atoms with Crippen molar-refractivity contribution in [1.29, 1.82) is 0 Å². The van der Waals surface area contributed by atoms with Gasteiger partial charge in [0.1, 0.15) is 0 Å². The fourth-order valence-corrected chi connectivity index (χ4v) is 12.0. The molecule has 8 heteroatoms. The number of rotatable bonds is 0. The van der Waals surface area contributed by atoms with Gasteiger partial charge in [-0.05, 0) is 97.1 Å². The summed E-state index contributed by atoms with van der Waals surface area (Å²) in [6, 6.07) is 37.6. The van der Waals surface area contributed by atoms with Gasteiger partial charge in [-0.3, -0.25) is 0 Å². The Labute approximate surface area is 274 Å². The lowest BCUT2D eigenvalue weighted by atomic mass is 9.99. The standard InChI is InChI=1S/C42H16N8/c1-5-21-25-9-13-29-30-15-11-27-23-7-3-19-20-4-8-24-28-12-16-32-31-14-10-26-22-6-2-18-17(1)43(21)35-33-34(37(45(19)23)41(49(27)30)39(35)47(25)29)38(46(20)24)42(50(28)32)40(48(26)31)36(33)44(18)22/h1-16H. The van der Waals surface area contributed by atoms with E-state index in [0.717, 1.165) is 0 Å². The number of benzene rings is 2. The van der Waals surface area contributed by atoms with E-state index in [-0.39, 0.29) is 0 Å². The Morgan fingerprint density at radius 2 is 0.280 bits per heavy atom. The lowest BCUT2D eigenvalue weighted by Crippen LogP contribution is -2.09. The number of aromatic nitrogens is 8. The highest BCUT2D eigenvalue weighted by Gasteiger charge is 2.35. The molecule has 18 aromatic rings. The molecule has 0 N–H and O–H groups in total. The third kappa shape index (κ3) is 1.55. The zero-order valence-corrected chi connectivity index (χ0v) is 25.8. The van der Waals surface area contributed by atoms with Crippen LogP contribution in [-0.2, 0) is 0 Å². The van der Waals surface area contributed by atoms with Crippen LogP contribution in [0, 0.1) is 0 Å². The Bertz CT molecular complexity index is 3940. The summed E-state index contributed by atoms with van der Waals surface area (Å²) in [5, 5.41) is 2.66. The van der Waals surface area contributed by atoms with E-state index in [9.17, 15) is 0 Å². The first kappa shape index (κ1) is 21.0. The Hall–Kier alpha value is -7.06. The zero-order valence-electron chi connectivity index (χ0n) is 25.8. The zero-order chi connectivity index (χ0) is 30.9. The maximum atomic E-state index is 2.61. The summed E-state index contributed by atoms with van der Waals surface area (Å²) in [4.78, 5) is 0. The molecule has 8 nitrogen and oxygen atoms in total. The first-order valence-electron chi connectivity index (χ1n) is 17.4. The van der Waals surface area contributed by atoms with Crippen molar-refractivity contribution in [2.45, 2.75) is 0 Å². The van der Waals surface area contributed by atoms with E-state index < -0.39 is 0 Å². The van der Waals surface area contributed by atoms with Crippen LogP contribution in [0.2, 0.25) is 0 Å². The first-order chi connectivity index (χ1) is 24.9. The topological polar surface area (TPSA) is 35.3 Å². The van der Waals surface area contributed by atoms with Crippen LogP contribution in [-0.4, -0.2) is 35.2 Å². The Morgan fingerprint density at radius 1 is 0.160 bits per heavy atom. The van der Waals surface area contributed by atoms with Gasteiger partial charge in [0.2, 0.25) is 0 Å². The summed E-state index contributed by atoms with van der Waals surface area (Å²) < 4.78 is 20.8. The largest absolute Gasteiger partial charge is 0.303 e. The summed E-state index contributed by atoms with van der Waals surface area (Å²) in [7, 11) is 0. The molecule has 0 aliphatic rings. The molecule has 16 heterocycles. The van der Waals surface area contributed by atoms with Crippen LogP contribution < -0.4 is 0 Å². The van der Waals surface area contributed by atoms with Gasteiger partial charge in [0, 0.05) is 10.8 Å². The molecule has 0 aliphatic carbocycles. The van der Waals surface area contributed by atoms with Crippen LogP contribution in [0.25, 0.3) is 143 Å². The lowest BCUT2D eigenvalue weighted by Gasteiger charge is -2.24. The fraction of sp³-hybridized carbons (Fsp3) is 0. The van der Waals surface area contributed by atoms with Gasteiger partial charge in [-0.2, -0.15) is 0 Å². The molecular formula is C42H16N8. The average molecular weight is 633 g/mol. The Balaban J connectivity index is 1.46. The molecular weight excluding hydrogens is 617 g/mol. The first-order valence-corrected chi connectivity index (χ1v) is 17.4. The molecule has 2 aromatic carbocycles. The van der Waals surface area contributed by atoms with E-state index >= 15 is 0 Å². The molecule has 18 rings (SSSR count). The van der Waals surface area contributed by atoms with Crippen molar-refractivity contribution in [3.05, 3.63) is 97.1 Å². The summed E-state index contributed by atoms with van der Waals surface area (Å²) in [5.74, 6) is 0. The molecule has 0 bridgehead atoms. The van der Waals surface area contributed by atoms with Crippen molar-refractivity contribution in [3.63, 3.8) is 0 Å². The van der Waals surface area contributed by atoms with Gasteiger partial charge in [-0.25, -0.2) is 0 Å². The minimum atomic E-state index is 1.24. The molecule has 0 fully saturated rings. The van der Waals surface area contributed by atoms with Crippen molar-refractivity contribution < 1.29 is 0 Å². The van der Waals surface area contributed by atoms with Gasteiger partial charge in [-0.15, -0.1) is 0 Å². The molecule has 0 spiro atoms. The number of nitrogens with zero attached hydrogens (tertiary/aromatic N) is 8. The van der Waals surface area contributed by atoms with Gasteiger partial charge >= 0.3 is 0 Å². The van der Waals surface area contributed by atoms with Crippen molar-refractivity contribution in [2.24, 2.45) is 0 Å². The molecule has 0 aliphatic heterocycles. The number of hydrogen-bond acceptors (Lipinski definition) is 0. The summed E-state index contributed by atoms with van der Waals surface area (Å²) >= 11 is 0. The van der Waals surface area contributed by atoms with Crippen LogP contribution in [0.15, 0.2) is 97.1 Å². The van der Waals surface area contributed by atoms with Crippen LogP contribution in [0.1, 0.15) is 0 Å². The number of hydrogen-bond donors (Lipinski definition) is 0. The van der Waals surface area contributed by atoms with Gasteiger partial charge in [0.15, 0.2) is 0 Å². The van der Waals surface area contributed by atoms with E-state index in [1.54, 1.807) is 0 Å². The quantitative estimate of drug-likeness (QED) is 0.118. The highest BCUT2D eigenvalue weighted by Crippen LogP contribution is 2.53. The van der Waals surface area contributed by atoms with Gasteiger partial charge in [0.25, 0.3) is 0 Å². The van der Waals surface area contributed by atoms with Gasteiger partial charge < -0.3 is 35.2 Å². The molecule has 224 valence electrons. The minimum Gasteiger partial charge on any atom is -0.303 e. The predicted molar refractivity (Wildman–Crippen MR) is 201 cm³/mol. The average Bonchev–Trinajstić information content (AvgIpc) is 3.97. The van der Waals surface area contributed by atoms with E-state index in [4.69, 9.17) is 0 Å². The molecule has 0 saturated carbocycles. The van der Waals surface area contributed by atoms with Crippen molar-refractivity contribution in [3.8, 4) is 0 Å². The van der Waals surface area contributed by atoms with E-state index in [1.165, 1.54) is 143 Å². The van der Waals surface area contributed by atoms with Crippen LogP contribution in [0.3, 0.4) is 0 Å². The van der Waals surface area contributed by atoms with Crippen molar-refractivity contribution in [1.82, 2.24) is 35.2 Å². The molecule has 0 radical (unpaired) electrons. The molecule has 0 amide bonds. The van der Waals surface area contributed by atoms with E-state index in [0.29, 0.717) is 0 Å². The van der Waals surface area contributed by atoms with Crippen molar-refractivity contribution in [2.75, 3.05) is 0 Å². The van der Waals surface area contributed by atoms with Crippen LogP contribution in [0.4, 0.5) is 0 Å². The summed E-state index contributed by atoms with van der Waals surface area (Å²) in [6.45, 7) is 0. The van der Waals surface area contributed by atoms with Gasteiger partial charge in [0.05, 0.1) is 132 Å². The second-order valence-corrected chi connectivity index (χ2v) is 15.1. The molecule has 0 atom stereocenters. The molecule has 0 saturated heterocycles. The fourth-order valence-electron chi connectivity index (χ4n) is 12.0. The van der Waals surface area contributed by atoms with Gasteiger partial charge in [-0.1, -0.05) is 0 Å². The lowest BCUT2D eigenvalue weighted by molar-refractivity contribution is 1.21.